The van der Waals surface area contributed by atoms with E-state index in [0.29, 0.717) is 24.6 Å². The second-order valence-corrected chi connectivity index (χ2v) is 3.79. The Morgan fingerprint density at radius 3 is 2.87 bits per heavy atom. The van der Waals surface area contributed by atoms with Crippen molar-refractivity contribution in [2.45, 2.75) is 32.6 Å². The van der Waals surface area contributed by atoms with Gasteiger partial charge < -0.3 is 10.2 Å². The van der Waals surface area contributed by atoms with Crippen molar-refractivity contribution in [1.29, 1.82) is 0 Å². The highest BCUT2D eigenvalue weighted by Gasteiger charge is 2.12. The summed E-state index contributed by atoms with van der Waals surface area (Å²) in [4.78, 5) is 11.6. The largest absolute Gasteiger partial charge is 0.461 e. The lowest BCUT2D eigenvalue weighted by Crippen LogP contribution is -2.10. The number of ketones is 1. The van der Waals surface area contributed by atoms with Gasteiger partial charge in [-0.25, -0.2) is 0 Å². The van der Waals surface area contributed by atoms with Gasteiger partial charge >= 0.3 is 0 Å². The molecule has 1 atom stereocenters. The second kappa shape index (κ2) is 6.40. The van der Waals surface area contributed by atoms with E-state index in [-0.39, 0.29) is 5.78 Å². The van der Waals surface area contributed by atoms with Gasteiger partial charge in [0, 0.05) is 6.42 Å². The minimum absolute atomic E-state index is 0.0930. The Bertz CT molecular complexity index is 280. The van der Waals surface area contributed by atoms with Gasteiger partial charge in [-0.05, 0) is 37.4 Å². The highest BCUT2D eigenvalue weighted by atomic mass is 16.3. The highest BCUT2D eigenvalue weighted by molar-refractivity contribution is 5.93. The van der Waals surface area contributed by atoms with Crippen LogP contribution in [0.3, 0.4) is 0 Å². The average molecular weight is 209 g/mol. The van der Waals surface area contributed by atoms with Crippen molar-refractivity contribution < 1.29 is 9.21 Å². The van der Waals surface area contributed by atoms with Crippen LogP contribution in [0.1, 0.15) is 43.2 Å². The number of rotatable bonds is 7. The summed E-state index contributed by atoms with van der Waals surface area (Å²) in [5.74, 6) is 1.13. The zero-order chi connectivity index (χ0) is 11.1. The molecule has 0 fully saturated rings. The fraction of sp³-hybridized carbons (Fsp3) is 0.583. The highest BCUT2D eigenvalue weighted by Crippen LogP contribution is 2.16. The van der Waals surface area contributed by atoms with Crippen molar-refractivity contribution in [2.75, 3.05) is 6.54 Å². The quantitative estimate of drug-likeness (QED) is 0.702. The van der Waals surface area contributed by atoms with E-state index in [9.17, 15) is 4.79 Å². The lowest BCUT2D eigenvalue weighted by Gasteiger charge is -2.11. The minimum Gasteiger partial charge on any atom is -0.461 e. The van der Waals surface area contributed by atoms with Crippen molar-refractivity contribution in [1.82, 2.24) is 0 Å². The molecule has 0 bridgehead atoms. The van der Waals surface area contributed by atoms with Crippen LogP contribution in [0.5, 0.6) is 0 Å². The Balaban J connectivity index is 2.33. The Morgan fingerprint density at radius 2 is 2.33 bits per heavy atom. The van der Waals surface area contributed by atoms with Gasteiger partial charge in [0.15, 0.2) is 11.5 Å². The summed E-state index contributed by atoms with van der Waals surface area (Å²) in [6.45, 7) is 2.84. The molecule has 0 aromatic carbocycles. The molecule has 0 saturated heterocycles. The van der Waals surface area contributed by atoms with Gasteiger partial charge in [-0.1, -0.05) is 13.3 Å². The van der Waals surface area contributed by atoms with Gasteiger partial charge in [0.05, 0.1) is 6.26 Å². The number of hydrogen-bond acceptors (Lipinski definition) is 3. The number of carbonyl (C=O) groups excluding carboxylic acids is 1. The van der Waals surface area contributed by atoms with Crippen LogP contribution in [-0.2, 0) is 0 Å². The van der Waals surface area contributed by atoms with Gasteiger partial charge in [0.1, 0.15) is 0 Å². The molecule has 1 rings (SSSR count). The van der Waals surface area contributed by atoms with Crippen LogP contribution in [0.2, 0.25) is 0 Å². The van der Waals surface area contributed by atoms with Crippen LogP contribution in [-0.4, -0.2) is 12.3 Å². The molecule has 0 amide bonds. The predicted molar refractivity (Wildman–Crippen MR) is 59.7 cm³/mol. The van der Waals surface area contributed by atoms with Crippen molar-refractivity contribution in [3.63, 3.8) is 0 Å². The van der Waals surface area contributed by atoms with Crippen molar-refractivity contribution in [3.8, 4) is 0 Å². The van der Waals surface area contributed by atoms with Crippen molar-refractivity contribution in [3.05, 3.63) is 24.2 Å². The third-order valence-electron chi connectivity index (χ3n) is 2.73. The molecular weight excluding hydrogens is 190 g/mol. The molecule has 2 N–H and O–H groups in total. The summed E-state index contributed by atoms with van der Waals surface area (Å²) < 4.78 is 5.05. The molecule has 15 heavy (non-hydrogen) atoms. The van der Waals surface area contributed by atoms with Gasteiger partial charge in [-0.3, -0.25) is 4.79 Å². The summed E-state index contributed by atoms with van der Waals surface area (Å²) >= 11 is 0. The third kappa shape index (κ3) is 3.88. The van der Waals surface area contributed by atoms with Crippen LogP contribution in [0, 0.1) is 5.92 Å². The van der Waals surface area contributed by atoms with E-state index in [2.05, 4.69) is 6.92 Å². The molecule has 1 unspecified atom stereocenters. The zero-order valence-corrected chi connectivity index (χ0v) is 9.24. The molecule has 1 aromatic heterocycles. The van der Waals surface area contributed by atoms with Gasteiger partial charge in [0.25, 0.3) is 0 Å². The molecule has 1 heterocycles. The monoisotopic (exact) mass is 209 g/mol. The molecule has 1 aromatic rings. The minimum atomic E-state index is 0.0930. The molecule has 3 heteroatoms. The van der Waals surface area contributed by atoms with Crippen LogP contribution >= 0.6 is 0 Å². The van der Waals surface area contributed by atoms with E-state index in [1.165, 1.54) is 6.26 Å². The van der Waals surface area contributed by atoms with E-state index in [0.717, 1.165) is 19.3 Å². The number of carbonyl (C=O) groups is 1. The Kier molecular flexibility index (Phi) is 5.12. The number of nitrogens with two attached hydrogens (primary N) is 1. The molecule has 3 nitrogen and oxygen atoms in total. The lowest BCUT2D eigenvalue weighted by molar-refractivity contribution is 0.0945. The van der Waals surface area contributed by atoms with Gasteiger partial charge in [-0.15, -0.1) is 0 Å². The Morgan fingerprint density at radius 1 is 1.53 bits per heavy atom. The second-order valence-electron chi connectivity index (χ2n) is 3.79. The summed E-state index contributed by atoms with van der Waals surface area (Å²) in [7, 11) is 0. The molecule has 0 aliphatic rings. The van der Waals surface area contributed by atoms with Crippen molar-refractivity contribution >= 4 is 5.78 Å². The molecule has 0 saturated carbocycles. The summed E-state index contributed by atoms with van der Waals surface area (Å²) in [6, 6.07) is 3.45. The maximum Gasteiger partial charge on any atom is 0.197 e. The first-order chi connectivity index (χ1) is 7.27. The topological polar surface area (TPSA) is 56.2 Å². The molecular formula is C12H19NO2. The molecule has 84 valence electrons. The number of hydrogen-bond donors (Lipinski definition) is 1. The van der Waals surface area contributed by atoms with E-state index >= 15 is 0 Å². The van der Waals surface area contributed by atoms with E-state index in [4.69, 9.17) is 10.2 Å². The maximum atomic E-state index is 11.6. The van der Waals surface area contributed by atoms with Crippen molar-refractivity contribution in [2.24, 2.45) is 11.7 Å². The standard InChI is InChI=1S/C12H19NO2/c1-2-10(7-8-13)5-6-11(14)12-4-3-9-15-12/h3-4,9-10H,2,5-8,13H2,1H3. The van der Waals surface area contributed by atoms with Gasteiger partial charge in [-0.2, -0.15) is 0 Å². The predicted octanol–water partition coefficient (Wildman–Crippen LogP) is 2.62. The van der Waals surface area contributed by atoms with E-state index < -0.39 is 0 Å². The maximum absolute atomic E-state index is 11.6. The van der Waals surface area contributed by atoms with E-state index in [1.807, 2.05) is 0 Å². The molecule has 0 spiro atoms. The number of furan rings is 1. The van der Waals surface area contributed by atoms with Crippen LogP contribution in [0.4, 0.5) is 0 Å². The Labute approximate surface area is 90.6 Å². The lowest BCUT2D eigenvalue weighted by atomic mass is 9.95. The molecule has 0 aliphatic heterocycles. The fourth-order valence-electron chi connectivity index (χ4n) is 1.68. The normalized spacial score (nSPS) is 12.7. The van der Waals surface area contributed by atoms with E-state index in [1.54, 1.807) is 12.1 Å². The summed E-state index contributed by atoms with van der Waals surface area (Å²) in [6.07, 6.45) is 5.09. The number of Topliss-reactive ketones (excluding diaryl/α,β-unsaturated/α-hetero) is 1. The molecule has 0 aliphatic carbocycles. The average Bonchev–Trinajstić information content (AvgIpc) is 2.77. The van der Waals surface area contributed by atoms with Crippen LogP contribution < -0.4 is 5.73 Å². The smallest absolute Gasteiger partial charge is 0.197 e. The first-order valence-electron chi connectivity index (χ1n) is 5.54. The SMILES string of the molecule is CCC(CCN)CCC(=O)c1ccco1. The first-order valence-corrected chi connectivity index (χ1v) is 5.54. The first kappa shape index (κ1) is 12.0. The fourth-order valence-corrected chi connectivity index (χ4v) is 1.68. The summed E-state index contributed by atoms with van der Waals surface area (Å²) in [5, 5.41) is 0. The van der Waals surface area contributed by atoms with Crippen LogP contribution in [0.15, 0.2) is 22.8 Å². The van der Waals surface area contributed by atoms with Crippen LogP contribution in [0.25, 0.3) is 0 Å². The Hall–Kier alpha value is -1.09. The zero-order valence-electron chi connectivity index (χ0n) is 9.24. The summed E-state index contributed by atoms with van der Waals surface area (Å²) in [5.41, 5.74) is 5.50. The third-order valence-corrected chi connectivity index (χ3v) is 2.73. The van der Waals surface area contributed by atoms with Gasteiger partial charge in [0.2, 0.25) is 0 Å². The molecule has 0 radical (unpaired) electrons.